The first-order valence-electron chi connectivity index (χ1n) is 6.56. The van der Waals surface area contributed by atoms with Crippen LogP contribution >= 0.6 is 0 Å². The van der Waals surface area contributed by atoms with Gasteiger partial charge in [-0.15, -0.1) is 12.3 Å². The molecule has 6 nitrogen and oxygen atoms in total. The predicted octanol–water partition coefficient (Wildman–Crippen LogP) is -0.144. The minimum atomic E-state index is -1.11. The van der Waals surface area contributed by atoms with E-state index in [9.17, 15) is 9.59 Å². The van der Waals surface area contributed by atoms with Crippen molar-refractivity contribution in [1.82, 2.24) is 15.5 Å². The Labute approximate surface area is 112 Å². The molecule has 2 bridgehead atoms. The lowest BCUT2D eigenvalue weighted by molar-refractivity contribution is -0.139. The van der Waals surface area contributed by atoms with Crippen LogP contribution in [0.15, 0.2) is 0 Å². The first kappa shape index (κ1) is 13.7. The maximum Gasteiger partial charge on any atom is 0.327 e. The molecule has 0 aromatic carbocycles. The quantitative estimate of drug-likeness (QED) is 0.618. The molecule has 104 valence electrons. The number of hydrogen-bond acceptors (Lipinski definition) is 3. The van der Waals surface area contributed by atoms with E-state index in [0.717, 1.165) is 32.5 Å². The summed E-state index contributed by atoms with van der Waals surface area (Å²) in [6.45, 7) is 3.05. The predicted molar refractivity (Wildman–Crippen MR) is 69.5 cm³/mol. The van der Waals surface area contributed by atoms with E-state index in [1.54, 1.807) is 0 Å². The second-order valence-electron chi connectivity index (χ2n) is 5.16. The molecule has 0 aromatic heterocycles. The Balaban J connectivity index is 1.84. The molecule has 2 atom stereocenters. The molecule has 0 radical (unpaired) electrons. The summed E-state index contributed by atoms with van der Waals surface area (Å²) in [6.07, 6.45) is 7.26. The number of rotatable bonds is 4. The number of amides is 2. The van der Waals surface area contributed by atoms with Gasteiger partial charge in [-0.3, -0.25) is 0 Å². The fraction of sp³-hybridized carbons (Fsp3) is 0.692. The lowest BCUT2D eigenvalue weighted by Gasteiger charge is -2.44. The smallest absolute Gasteiger partial charge is 0.327 e. The topological polar surface area (TPSA) is 81.7 Å². The molecule has 2 amide bonds. The highest BCUT2D eigenvalue weighted by Crippen LogP contribution is 2.27. The summed E-state index contributed by atoms with van der Waals surface area (Å²) in [5, 5.41) is 14.2. The van der Waals surface area contributed by atoms with Crippen LogP contribution in [-0.4, -0.2) is 53.7 Å². The summed E-state index contributed by atoms with van der Waals surface area (Å²) in [5.41, 5.74) is 0. The van der Waals surface area contributed by atoms with Crippen LogP contribution in [-0.2, 0) is 4.79 Å². The number of fused-ring (bicyclic) bond motifs is 3. The average molecular weight is 265 g/mol. The van der Waals surface area contributed by atoms with Crippen LogP contribution in [0.5, 0.6) is 0 Å². The molecule has 3 heterocycles. The van der Waals surface area contributed by atoms with E-state index in [1.165, 1.54) is 0 Å². The number of nitrogens with one attached hydrogen (secondary N) is 2. The summed E-state index contributed by atoms with van der Waals surface area (Å²) in [6, 6.07) is -1.35. The van der Waals surface area contributed by atoms with Gasteiger partial charge in [-0.25, -0.2) is 9.59 Å². The highest BCUT2D eigenvalue weighted by Gasteiger charge is 2.35. The highest BCUT2D eigenvalue weighted by molar-refractivity contribution is 5.82. The number of terminal acetylenes is 1. The summed E-state index contributed by atoms with van der Waals surface area (Å²) in [7, 11) is 0. The second kappa shape index (κ2) is 5.93. The fourth-order valence-electron chi connectivity index (χ4n) is 2.81. The number of aliphatic carboxylic acids is 1. The lowest BCUT2D eigenvalue weighted by Crippen LogP contribution is -2.59. The Morgan fingerprint density at radius 3 is 2.58 bits per heavy atom. The number of nitrogens with zero attached hydrogens (tertiary/aromatic N) is 1. The van der Waals surface area contributed by atoms with E-state index in [0.29, 0.717) is 5.92 Å². The minimum Gasteiger partial charge on any atom is -0.480 e. The van der Waals surface area contributed by atoms with E-state index in [-0.39, 0.29) is 12.5 Å². The van der Waals surface area contributed by atoms with E-state index in [4.69, 9.17) is 11.5 Å². The highest BCUT2D eigenvalue weighted by atomic mass is 16.4. The maximum absolute atomic E-state index is 11.8. The van der Waals surface area contributed by atoms with Crippen molar-refractivity contribution in [3.05, 3.63) is 0 Å². The molecule has 3 N–H and O–H groups in total. The van der Waals surface area contributed by atoms with Crippen molar-refractivity contribution < 1.29 is 14.7 Å². The van der Waals surface area contributed by atoms with Crippen molar-refractivity contribution in [1.29, 1.82) is 0 Å². The molecular weight excluding hydrogens is 246 g/mol. The summed E-state index contributed by atoms with van der Waals surface area (Å²) >= 11 is 0. The summed E-state index contributed by atoms with van der Waals surface area (Å²) in [5.74, 6) is 1.65. The third kappa shape index (κ3) is 3.38. The molecule has 19 heavy (non-hydrogen) atoms. The minimum absolute atomic E-state index is 0.0109. The Kier molecular flexibility index (Phi) is 4.27. The number of carboxylic acid groups (broad SMARTS) is 1. The van der Waals surface area contributed by atoms with E-state index >= 15 is 0 Å². The zero-order valence-corrected chi connectivity index (χ0v) is 10.8. The van der Waals surface area contributed by atoms with Gasteiger partial charge in [-0.2, -0.15) is 0 Å². The largest absolute Gasteiger partial charge is 0.480 e. The number of hydrogen-bond donors (Lipinski definition) is 3. The molecule has 3 saturated heterocycles. The fourth-order valence-corrected chi connectivity index (χ4v) is 2.81. The van der Waals surface area contributed by atoms with Crippen molar-refractivity contribution in [2.24, 2.45) is 5.92 Å². The molecule has 0 aromatic rings. The normalized spacial score (nSPS) is 30.2. The average Bonchev–Trinajstić information content (AvgIpc) is 2.39. The second-order valence-corrected chi connectivity index (χ2v) is 5.16. The van der Waals surface area contributed by atoms with E-state index in [1.807, 2.05) is 0 Å². The van der Waals surface area contributed by atoms with Gasteiger partial charge in [-0.1, -0.05) is 0 Å². The third-order valence-corrected chi connectivity index (χ3v) is 3.90. The zero-order valence-electron chi connectivity index (χ0n) is 10.8. The van der Waals surface area contributed by atoms with Gasteiger partial charge in [0.05, 0.1) is 0 Å². The lowest BCUT2D eigenvalue weighted by atomic mass is 9.84. The number of carbonyl (C=O) groups excluding carboxylic acids is 1. The molecule has 0 aliphatic carbocycles. The van der Waals surface area contributed by atoms with Crippen LogP contribution in [0.3, 0.4) is 0 Å². The molecule has 6 heteroatoms. The Hall–Kier alpha value is -1.74. The molecule has 3 aliphatic heterocycles. The number of carbonyl (C=O) groups is 2. The van der Waals surface area contributed by atoms with Gasteiger partial charge in [-0.05, 0) is 31.8 Å². The van der Waals surface area contributed by atoms with Crippen LogP contribution in [0.1, 0.15) is 19.3 Å². The van der Waals surface area contributed by atoms with Gasteiger partial charge in [0.1, 0.15) is 6.04 Å². The van der Waals surface area contributed by atoms with Crippen molar-refractivity contribution in [3.8, 4) is 12.3 Å². The summed E-state index contributed by atoms with van der Waals surface area (Å²) < 4.78 is 0. The first-order chi connectivity index (χ1) is 9.10. The van der Waals surface area contributed by atoms with Crippen molar-refractivity contribution >= 4 is 12.0 Å². The van der Waals surface area contributed by atoms with Gasteiger partial charge < -0.3 is 20.6 Å². The zero-order chi connectivity index (χ0) is 13.8. The van der Waals surface area contributed by atoms with Crippen LogP contribution < -0.4 is 10.6 Å². The molecule has 3 fully saturated rings. The van der Waals surface area contributed by atoms with Gasteiger partial charge in [0.15, 0.2) is 0 Å². The van der Waals surface area contributed by atoms with Crippen LogP contribution in [0.25, 0.3) is 0 Å². The van der Waals surface area contributed by atoms with Crippen molar-refractivity contribution in [2.45, 2.75) is 31.3 Å². The first-order valence-corrected chi connectivity index (χ1v) is 6.56. The number of carboxylic acids is 1. The van der Waals surface area contributed by atoms with Crippen molar-refractivity contribution in [3.63, 3.8) is 0 Å². The van der Waals surface area contributed by atoms with Gasteiger partial charge in [0.25, 0.3) is 0 Å². The van der Waals surface area contributed by atoms with Crippen LogP contribution in [0, 0.1) is 18.3 Å². The van der Waals surface area contributed by atoms with Gasteiger partial charge in [0, 0.05) is 19.0 Å². The van der Waals surface area contributed by atoms with E-state index < -0.39 is 18.0 Å². The van der Waals surface area contributed by atoms with Gasteiger partial charge >= 0.3 is 12.0 Å². The molecule has 3 aliphatic rings. The SMILES string of the molecule is C#CCC(NC(=O)NC1CN2CCC1CC2)C(=O)O. The van der Waals surface area contributed by atoms with Crippen molar-refractivity contribution in [2.75, 3.05) is 19.6 Å². The molecule has 0 saturated carbocycles. The number of urea groups is 1. The monoisotopic (exact) mass is 265 g/mol. The molecule has 0 spiro atoms. The third-order valence-electron chi connectivity index (χ3n) is 3.90. The maximum atomic E-state index is 11.8. The Bertz CT molecular complexity index is 396. The molecule has 3 rings (SSSR count). The van der Waals surface area contributed by atoms with E-state index in [2.05, 4.69) is 21.5 Å². The molecular formula is C13H19N3O3. The molecule has 2 unspecified atom stereocenters. The van der Waals surface area contributed by atoms with Gasteiger partial charge in [0.2, 0.25) is 0 Å². The van der Waals surface area contributed by atoms with Crippen LogP contribution in [0.4, 0.5) is 4.79 Å². The Morgan fingerprint density at radius 2 is 2.11 bits per heavy atom. The van der Waals surface area contributed by atoms with Crippen LogP contribution in [0.2, 0.25) is 0 Å². The Morgan fingerprint density at radius 1 is 1.42 bits per heavy atom. The summed E-state index contributed by atoms with van der Waals surface area (Å²) in [4.78, 5) is 25.0. The standard InChI is InChI=1S/C13H19N3O3/c1-2-3-10(12(17)18)14-13(19)15-11-8-16-6-4-9(11)5-7-16/h1,9-11H,3-8H2,(H,17,18)(H2,14,15,19). The number of piperidine rings is 3.